The summed E-state index contributed by atoms with van der Waals surface area (Å²) in [7, 11) is 0. The van der Waals surface area contributed by atoms with Crippen molar-refractivity contribution in [2.75, 3.05) is 0 Å². The Balaban J connectivity index is 1.50. The molecule has 0 bridgehead atoms. The van der Waals surface area contributed by atoms with Crippen molar-refractivity contribution in [1.82, 2.24) is 4.98 Å². The van der Waals surface area contributed by atoms with Crippen LogP contribution in [0.15, 0.2) is 77.3 Å². The SMILES string of the molecule is c1ccc2c(c1)ccc1oc3c(-c4ccc(C5CCCCC5)cn4)cccc3c12. The average Bonchev–Trinajstić information content (AvgIpc) is 3.19. The molecule has 142 valence electrons. The number of nitrogens with zero attached hydrogens (tertiary/aromatic N) is 1. The average molecular weight is 377 g/mol. The maximum atomic E-state index is 6.35. The fourth-order valence-electron chi connectivity index (χ4n) is 5.01. The summed E-state index contributed by atoms with van der Waals surface area (Å²) in [4.78, 5) is 4.85. The van der Waals surface area contributed by atoms with E-state index < -0.39 is 0 Å². The third-order valence-corrected chi connectivity index (χ3v) is 6.53. The molecule has 29 heavy (non-hydrogen) atoms. The summed E-state index contributed by atoms with van der Waals surface area (Å²) in [6.07, 6.45) is 8.75. The molecule has 2 nitrogen and oxygen atoms in total. The Morgan fingerprint density at radius 1 is 0.759 bits per heavy atom. The van der Waals surface area contributed by atoms with Crippen LogP contribution in [-0.4, -0.2) is 4.98 Å². The van der Waals surface area contributed by atoms with Crippen LogP contribution in [0, 0.1) is 0 Å². The summed E-state index contributed by atoms with van der Waals surface area (Å²) < 4.78 is 6.35. The van der Waals surface area contributed by atoms with Crippen LogP contribution >= 0.6 is 0 Å². The summed E-state index contributed by atoms with van der Waals surface area (Å²) in [5.74, 6) is 0.679. The van der Waals surface area contributed by atoms with Crippen LogP contribution < -0.4 is 0 Å². The van der Waals surface area contributed by atoms with Crippen LogP contribution in [0.4, 0.5) is 0 Å². The number of aromatic nitrogens is 1. The molecule has 2 heterocycles. The van der Waals surface area contributed by atoms with Gasteiger partial charge in [-0.05, 0) is 53.3 Å². The lowest BCUT2D eigenvalue weighted by Crippen LogP contribution is -2.04. The van der Waals surface area contributed by atoms with Crippen LogP contribution in [0.25, 0.3) is 44.0 Å². The molecule has 0 amide bonds. The second kappa shape index (κ2) is 6.73. The van der Waals surface area contributed by atoms with Crippen molar-refractivity contribution >= 4 is 32.7 Å². The van der Waals surface area contributed by atoms with Crippen LogP contribution in [0.2, 0.25) is 0 Å². The molecule has 0 aliphatic heterocycles. The molecule has 3 aromatic carbocycles. The van der Waals surface area contributed by atoms with Gasteiger partial charge in [0.1, 0.15) is 11.2 Å². The molecule has 2 aromatic heterocycles. The van der Waals surface area contributed by atoms with E-state index in [1.54, 1.807) is 0 Å². The lowest BCUT2D eigenvalue weighted by atomic mass is 9.85. The lowest BCUT2D eigenvalue weighted by Gasteiger charge is -2.21. The number of pyridine rings is 1. The number of rotatable bonds is 2. The lowest BCUT2D eigenvalue weighted by molar-refractivity contribution is 0.443. The number of hydrogen-bond acceptors (Lipinski definition) is 2. The van der Waals surface area contributed by atoms with Gasteiger partial charge < -0.3 is 4.42 Å². The number of fused-ring (bicyclic) bond motifs is 5. The van der Waals surface area contributed by atoms with Crippen molar-refractivity contribution in [3.8, 4) is 11.3 Å². The number of para-hydroxylation sites is 1. The van der Waals surface area contributed by atoms with Gasteiger partial charge >= 0.3 is 0 Å². The van der Waals surface area contributed by atoms with E-state index in [0.29, 0.717) is 5.92 Å². The van der Waals surface area contributed by atoms with E-state index in [0.717, 1.165) is 27.8 Å². The molecule has 0 unspecified atom stereocenters. The molecule has 0 N–H and O–H groups in total. The predicted octanol–water partition coefficient (Wildman–Crippen LogP) is 7.85. The van der Waals surface area contributed by atoms with Gasteiger partial charge in [0.05, 0.1) is 5.69 Å². The van der Waals surface area contributed by atoms with Gasteiger partial charge in [0.2, 0.25) is 0 Å². The molecule has 1 fully saturated rings. The first-order valence-corrected chi connectivity index (χ1v) is 10.7. The molecule has 1 saturated carbocycles. The minimum absolute atomic E-state index is 0.679. The Hall–Kier alpha value is -3.13. The first kappa shape index (κ1) is 16.8. The van der Waals surface area contributed by atoms with E-state index >= 15 is 0 Å². The molecule has 0 saturated heterocycles. The summed E-state index contributed by atoms with van der Waals surface area (Å²) in [5, 5.41) is 4.83. The largest absolute Gasteiger partial charge is 0.455 e. The smallest absolute Gasteiger partial charge is 0.144 e. The summed E-state index contributed by atoms with van der Waals surface area (Å²) in [5.41, 5.74) is 5.30. The maximum Gasteiger partial charge on any atom is 0.144 e. The van der Waals surface area contributed by atoms with Crippen LogP contribution in [-0.2, 0) is 0 Å². The van der Waals surface area contributed by atoms with Gasteiger partial charge in [-0.15, -0.1) is 0 Å². The van der Waals surface area contributed by atoms with E-state index in [2.05, 4.69) is 72.9 Å². The zero-order valence-corrected chi connectivity index (χ0v) is 16.4. The molecule has 1 aliphatic rings. The molecule has 0 radical (unpaired) electrons. The van der Waals surface area contributed by atoms with Crippen molar-refractivity contribution in [2.24, 2.45) is 0 Å². The van der Waals surface area contributed by atoms with Crippen LogP contribution in [0.5, 0.6) is 0 Å². The first-order valence-electron chi connectivity index (χ1n) is 10.7. The third kappa shape index (κ3) is 2.74. The molecule has 1 aliphatic carbocycles. The van der Waals surface area contributed by atoms with Gasteiger partial charge in [0.25, 0.3) is 0 Å². The monoisotopic (exact) mass is 377 g/mol. The molecular weight excluding hydrogens is 354 g/mol. The fraction of sp³-hybridized carbons (Fsp3) is 0.222. The highest BCUT2D eigenvalue weighted by Gasteiger charge is 2.18. The van der Waals surface area contributed by atoms with Gasteiger partial charge in [-0.25, -0.2) is 0 Å². The van der Waals surface area contributed by atoms with Crippen molar-refractivity contribution in [2.45, 2.75) is 38.0 Å². The quantitative estimate of drug-likeness (QED) is 0.313. The van der Waals surface area contributed by atoms with Gasteiger partial charge in [-0.3, -0.25) is 4.98 Å². The van der Waals surface area contributed by atoms with Crippen LogP contribution in [0.1, 0.15) is 43.6 Å². The second-order valence-corrected chi connectivity index (χ2v) is 8.26. The standard InChI is InChI=1S/C27H23NO/c1-2-7-18(8-3-1)20-13-15-24(28-17-20)22-11-6-12-23-26-21-10-5-4-9-19(21)14-16-25(26)29-27(22)23/h4-6,9-18H,1-3,7-8H2. The third-order valence-electron chi connectivity index (χ3n) is 6.53. The van der Waals surface area contributed by atoms with E-state index in [9.17, 15) is 0 Å². The normalized spacial score (nSPS) is 15.4. The Morgan fingerprint density at radius 2 is 1.62 bits per heavy atom. The van der Waals surface area contributed by atoms with E-state index in [1.165, 1.54) is 53.8 Å². The molecule has 2 heteroatoms. The Labute approximate surface area is 170 Å². The van der Waals surface area contributed by atoms with Crippen molar-refractivity contribution in [3.63, 3.8) is 0 Å². The number of benzene rings is 3. The second-order valence-electron chi connectivity index (χ2n) is 8.26. The Morgan fingerprint density at radius 3 is 2.48 bits per heavy atom. The van der Waals surface area contributed by atoms with Crippen molar-refractivity contribution in [3.05, 3.63) is 78.5 Å². The Kier molecular flexibility index (Phi) is 3.90. The minimum atomic E-state index is 0.679. The van der Waals surface area contributed by atoms with Crippen LogP contribution in [0.3, 0.4) is 0 Å². The fourth-order valence-corrected chi connectivity index (χ4v) is 5.01. The molecule has 0 spiro atoms. The van der Waals surface area contributed by atoms with Gasteiger partial charge in [-0.2, -0.15) is 0 Å². The van der Waals surface area contributed by atoms with Gasteiger partial charge in [0.15, 0.2) is 0 Å². The zero-order valence-electron chi connectivity index (χ0n) is 16.4. The molecule has 6 rings (SSSR count). The summed E-state index contributed by atoms with van der Waals surface area (Å²) >= 11 is 0. The highest BCUT2D eigenvalue weighted by Crippen LogP contribution is 2.39. The van der Waals surface area contributed by atoms with E-state index in [1.807, 2.05) is 0 Å². The van der Waals surface area contributed by atoms with E-state index in [4.69, 9.17) is 9.40 Å². The highest BCUT2D eigenvalue weighted by atomic mass is 16.3. The summed E-state index contributed by atoms with van der Waals surface area (Å²) in [6.45, 7) is 0. The molecular formula is C27H23NO. The Bertz CT molecular complexity index is 1320. The zero-order chi connectivity index (χ0) is 19.2. The number of furan rings is 1. The predicted molar refractivity (Wildman–Crippen MR) is 120 cm³/mol. The minimum Gasteiger partial charge on any atom is -0.455 e. The summed E-state index contributed by atoms with van der Waals surface area (Å²) in [6, 6.07) is 23.6. The van der Waals surface area contributed by atoms with Crippen molar-refractivity contribution in [1.29, 1.82) is 0 Å². The van der Waals surface area contributed by atoms with Gasteiger partial charge in [-0.1, -0.05) is 67.8 Å². The topological polar surface area (TPSA) is 26.0 Å². The highest BCUT2D eigenvalue weighted by molar-refractivity contribution is 6.20. The van der Waals surface area contributed by atoms with Gasteiger partial charge in [0, 0.05) is 22.5 Å². The number of hydrogen-bond donors (Lipinski definition) is 0. The van der Waals surface area contributed by atoms with E-state index in [-0.39, 0.29) is 0 Å². The molecule has 0 atom stereocenters. The maximum absolute atomic E-state index is 6.35. The molecule has 5 aromatic rings. The first-order chi connectivity index (χ1) is 14.4. The van der Waals surface area contributed by atoms with Crippen molar-refractivity contribution < 1.29 is 4.42 Å².